The third kappa shape index (κ3) is 3.63. The van der Waals surface area contributed by atoms with Crippen molar-refractivity contribution in [3.05, 3.63) is 83.4 Å². The first-order valence-electron chi connectivity index (χ1n) is 9.62. The number of Topliss-reactive ketones (excluding diaryl/α,β-unsaturated/α-hetero) is 1. The zero-order valence-corrected chi connectivity index (χ0v) is 15.4. The van der Waals surface area contributed by atoms with E-state index in [-0.39, 0.29) is 11.7 Å². The molecule has 0 atom stereocenters. The SMILES string of the molecule is O=C(Cc1cccc2ccccc12)c1ccccc1C(=O)N1CCCCC1. The van der Waals surface area contributed by atoms with Crippen LogP contribution in [0.1, 0.15) is 45.5 Å². The summed E-state index contributed by atoms with van der Waals surface area (Å²) >= 11 is 0. The van der Waals surface area contributed by atoms with E-state index in [9.17, 15) is 9.59 Å². The van der Waals surface area contributed by atoms with Crippen LogP contribution in [0.15, 0.2) is 66.7 Å². The van der Waals surface area contributed by atoms with Gasteiger partial charge in [0.2, 0.25) is 0 Å². The summed E-state index contributed by atoms with van der Waals surface area (Å²) in [4.78, 5) is 27.9. The van der Waals surface area contributed by atoms with Crippen LogP contribution < -0.4 is 0 Å². The quantitative estimate of drug-likeness (QED) is 0.623. The molecule has 3 nitrogen and oxygen atoms in total. The van der Waals surface area contributed by atoms with E-state index in [0.717, 1.165) is 42.3 Å². The second-order valence-corrected chi connectivity index (χ2v) is 7.14. The van der Waals surface area contributed by atoms with Crippen LogP contribution in [0.25, 0.3) is 10.8 Å². The molecule has 3 aromatic rings. The van der Waals surface area contributed by atoms with Crippen LogP contribution in [0.5, 0.6) is 0 Å². The summed E-state index contributed by atoms with van der Waals surface area (Å²) in [5.74, 6) is -0.0242. The lowest BCUT2D eigenvalue weighted by atomic mass is 9.94. The van der Waals surface area contributed by atoms with Crippen molar-refractivity contribution >= 4 is 22.5 Å². The van der Waals surface area contributed by atoms with Crippen molar-refractivity contribution in [2.24, 2.45) is 0 Å². The molecule has 0 N–H and O–H groups in total. The van der Waals surface area contributed by atoms with Gasteiger partial charge in [0, 0.05) is 25.1 Å². The number of hydrogen-bond acceptors (Lipinski definition) is 2. The van der Waals surface area contributed by atoms with Gasteiger partial charge in [-0.05, 0) is 41.7 Å². The number of carbonyl (C=O) groups excluding carboxylic acids is 2. The van der Waals surface area contributed by atoms with Gasteiger partial charge in [-0.3, -0.25) is 9.59 Å². The van der Waals surface area contributed by atoms with E-state index in [4.69, 9.17) is 0 Å². The maximum Gasteiger partial charge on any atom is 0.254 e. The third-order valence-corrected chi connectivity index (χ3v) is 5.33. The molecule has 3 aromatic carbocycles. The molecule has 1 aliphatic heterocycles. The lowest BCUT2D eigenvalue weighted by Gasteiger charge is -2.27. The van der Waals surface area contributed by atoms with Crippen LogP contribution >= 0.6 is 0 Å². The molecule has 1 amide bonds. The average molecular weight is 357 g/mol. The molecule has 1 heterocycles. The minimum Gasteiger partial charge on any atom is -0.339 e. The van der Waals surface area contributed by atoms with Crippen LogP contribution in [0.2, 0.25) is 0 Å². The van der Waals surface area contributed by atoms with Gasteiger partial charge in [0.1, 0.15) is 0 Å². The van der Waals surface area contributed by atoms with Crippen LogP contribution in [0, 0.1) is 0 Å². The molecule has 0 aliphatic carbocycles. The highest BCUT2D eigenvalue weighted by molar-refractivity contribution is 6.09. The van der Waals surface area contributed by atoms with Gasteiger partial charge in [0.15, 0.2) is 5.78 Å². The number of piperidine rings is 1. The number of benzene rings is 3. The smallest absolute Gasteiger partial charge is 0.254 e. The second-order valence-electron chi connectivity index (χ2n) is 7.14. The largest absolute Gasteiger partial charge is 0.339 e. The molecule has 0 aromatic heterocycles. The molecular weight excluding hydrogens is 334 g/mol. The maximum atomic E-state index is 13.1. The van der Waals surface area contributed by atoms with E-state index in [1.807, 2.05) is 47.4 Å². The van der Waals surface area contributed by atoms with Crippen LogP contribution in [0.3, 0.4) is 0 Å². The normalized spacial score (nSPS) is 14.3. The molecule has 0 saturated carbocycles. The van der Waals surface area contributed by atoms with E-state index in [2.05, 4.69) is 12.1 Å². The molecular formula is C24H23NO2. The van der Waals surface area contributed by atoms with E-state index < -0.39 is 0 Å². The number of fused-ring (bicyclic) bond motifs is 1. The maximum absolute atomic E-state index is 13.1. The van der Waals surface area contributed by atoms with E-state index in [0.29, 0.717) is 17.5 Å². The minimum atomic E-state index is -0.0171. The highest BCUT2D eigenvalue weighted by Crippen LogP contribution is 2.22. The van der Waals surface area contributed by atoms with Gasteiger partial charge in [0.25, 0.3) is 5.91 Å². The summed E-state index contributed by atoms with van der Waals surface area (Å²) in [6.07, 6.45) is 3.55. The van der Waals surface area contributed by atoms with Crippen LogP contribution in [-0.2, 0) is 6.42 Å². The molecule has 0 radical (unpaired) electrons. The Kier molecular flexibility index (Phi) is 5.01. The number of likely N-dealkylation sites (tertiary alicyclic amines) is 1. The standard InChI is InChI=1S/C24H23NO2/c26-23(17-19-11-8-10-18-9-2-3-12-20(18)19)21-13-4-5-14-22(21)24(27)25-15-6-1-7-16-25/h2-5,8-14H,1,6-7,15-17H2. The monoisotopic (exact) mass is 357 g/mol. The van der Waals surface area contributed by atoms with Crippen molar-refractivity contribution in [3.63, 3.8) is 0 Å². The molecule has 27 heavy (non-hydrogen) atoms. The number of hydrogen-bond donors (Lipinski definition) is 0. The average Bonchev–Trinajstić information content (AvgIpc) is 2.74. The molecule has 1 saturated heterocycles. The van der Waals surface area contributed by atoms with Crippen molar-refractivity contribution in [1.82, 2.24) is 4.90 Å². The number of nitrogens with zero attached hydrogens (tertiary/aromatic N) is 1. The lowest BCUT2D eigenvalue weighted by Crippen LogP contribution is -2.36. The van der Waals surface area contributed by atoms with Gasteiger partial charge in [-0.15, -0.1) is 0 Å². The van der Waals surface area contributed by atoms with Gasteiger partial charge < -0.3 is 4.90 Å². The van der Waals surface area contributed by atoms with Crippen LogP contribution in [0.4, 0.5) is 0 Å². The van der Waals surface area contributed by atoms with E-state index >= 15 is 0 Å². The molecule has 0 unspecified atom stereocenters. The van der Waals surface area contributed by atoms with Crippen molar-refractivity contribution < 1.29 is 9.59 Å². The Morgan fingerprint density at radius 2 is 1.41 bits per heavy atom. The van der Waals surface area contributed by atoms with Crippen LogP contribution in [-0.4, -0.2) is 29.7 Å². The van der Waals surface area contributed by atoms with Gasteiger partial charge in [-0.1, -0.05) is 60.7 Å². The zero-order chi connectivity index (χ0) is 18.6. The molecule has 1 aliphatic rings. The summed E-state index contributed by atoms with van der Waals surface area (Å²) in [5, 5.41) is 2.22. The Labute approximate surface area is 159 Å². The summed E-state index contributed by atoms with van der Waals surface area (Å²) < 4.78 is 0. The first-order valence-corrected chi connectivity index (χ1v) is 9.62. The highest BCUT2D eigenvalue weighted by atomic mass is 16.2. The second kappa shape index (κ2) is 7.75. The Balaban J connectivity index is 1.63. The Morgan fingerprint density at radius 3 is 2.22 bits per heavy atom. The minimum absolute atomic E-state index is 0.00712. The topological polar surface area (TPSA) is 37.4 Å². The molecule has 0 bridgehead atoms. The van der Waals surface area contributed by atoms with E-state index in [1.54, 1.807) is 12.1 Å². The fourth-order valence-corrected chi connectivity index (χ4v) is 3.89. The third-order valence-electron chi connectivity index (χ3n) is 5.33. The fourth-order valence-electron chi connectivity index (χ4n) is 3.89. The first kappa shape index (κ1) is 17.5. The summed E-state index contributed by atoms with van der Waals surface area (Å²) in [6, 6.07) is 21.4. The number of carbonyl (C=O) groups is 2. The van der Waals surface area contributed by atoms with E-state index in [1.165, 1.54) is 6.42 Å². The number of ketones is 1. The lowest BCUT2D eigenvalue weighted by molar-refractivity contribution is 0.0719. The van der Waals surface area contributed by atoms with Gasteiger partial charge in [-0.25, -0.2) is 0 Å². The Hall–Kier alpha value is -2.94. The summed E-state index contributed by atoms with van der Waals surface area (Å²) in [5.41, 5.74) is 2.06. The molecule has 1 fully saturated rings. The molecule has 3 heteroatoms. The van der Waals surface area contributed by atoms with Crippen molar-refractivity contribution in [1.29, 1.82) is 0 Å². The first-order chi connectivity index (χ1) is 13.2. The Bertz CT molecular complexity index is 981. The molecule has 136 valence electrons. The Morgan fingerprint density at radius 1 is 0.741 bits per heavy atom. The number of rotatable bonds is 4. The van der Waals surface area contributed by atoms with Gasteiger partial charge in [-0.2, -0.15) is 0 Å². The highest BCUT2D eigenvalue weighted by Gasteiger charge is 2.23. The fraction of sp³-hybridized carbons (Fsp3) is 0.250. The van der Waals surface area contributed by atoms with Gasteiger partial charge in [0.05, 0.1) is 5.56 Å². The van der Waals surface area contributed by atoms with Crippen molar-refractivity contribution in [3.8, 4) is 0 Å². The summed E-state index contributed by atoms with van der Waals surface area (Å²) in [6.45, 7) is 1.56. The predicted octanol–water partition coefficient (Wildman–Crippen LogP) is 4.89. The zero-order valence-electron chi connectivity index (χ0n) is 15.4. The molecule has 4 rings (SSSR count). The van der Waals surface area contributed by atoms with Crippen molar-refractivity contribution in [2.75, 3.05) is 13.1 Å². The molecule has 0 spiro atoms. The number of amides is 1. The van der Waals surface area contributed by atoms with Gasteiger partial charge >= 0.3 is 0 Å². The summed E-state index contributed by atoms with van der Waals surface area (Å²) in [7, 11) is 0. The predicted molar refractivity (Wildman–Crippen MR) is 108 cm³/mol. The van der Waals surface area contributed by atoms with Crippen molar-refractivity contribution in [2.45, 2.75) is 25.7 Å².